The monoisotopic (exact) mass is 399 g/mol. The van der Waals surface area contributed by atoms with E-state index >= 15 is 0 Å². The van der Waals surface area contributed by atoms with Gasteiger partial charge in [0.05, 0.1) is 0 Å². The van der Waals surface area contributed by atoms with E-state index in [2.05, 4.69) is 0 Å². The van der Waals surface area contributed by atoms with Crippen LogP contribution in [0.3, 0.4) is 0 Å². The summed E-state index contributed by atoms with van der Waals surface area (Å²) in [6, 6.07) is 5.05. The van der Waals surface area contributed by atoms with E-state index in [-0.39, 0.29) is 17.7 Å². The lowest BCUT2D eigenvalue weighted by molar-refractivity contribution is -0.139. The fourth-order valence-corrected chi connectivity index (χ4v) is 3.33. The Morgan fingerprint density at radius 1 is 1.19 bits per heavy atom. The third-order valence-electron chi connectivity index (χ3n) is 4.59. The summed E-state index contributed by atoms with van der Waals surface area (Å²) in [6.45, 7) is 2.37. The number of hydrogen-bond acceptors (Lipinski definition) is 4. The Morgan fingerprint density at radius 2 is 1.81 bits per heavy atom. The SMILES string of the molecule is Cc1ccc(-c2cc(=O)n(CC[C@](C)(C(=O)O)S(C)(=O)=O)cc2F)c(F)c1. The lowest BCUT2D eigenvalue weighted by Crippen LogP contribution is -2.44. The van der Waals surface area contributed by atoms with Crippen LogP contribution in [0.4, 0.5) is 8.78 Å². The molecular weight excluding hydrogens is 380 g/mol. The van der Waals surface area contributed by atoms with Crippen LogP contribution in [-0.2, 0) is 21.2 Å². The number of halogens is 2. The van der Waals surface area contributed by atoms with E-state index in [0.29, 0.717) is 5.56 Å². The van der Waals surface area contributed by atoms with Crippen molar-refractivity contribution >= 4 is 15.8 Å². The normalized spacial score (nSPS) is 14.0. The second kappa shape index (κ2) is 7.22. The van der Waals surface area contributed by atoms with Crippen molar-refractivity contribution in [1.82, 2.24) is 4.57 Å². The number of carbonyl (C=O) groups is 1. The van der Waals surface area contributed by atoms with Gasteiger partial charge >= 0.3 is 5.97 Å². The van der Waals surface area contributed by atoms with Crippen molar-refractivity contribution in [1.29, 1.82) is 0 Å². The molecule has 0 fully saturated rings. The van der Waals surface area contributed by atoms with E-state index in [1.807, 2.05) is 0 Å². The summed E-state index contributed by atoms with van der Waals surface area (Å²) in [7, 11) is -3.98. The van der Waals surface area contributed by atoms with E-state index < -0.39 is 44.2 Å². The first-order valence-electron chi connectivity index (χ1n) is 7.96. The number of pyridine rings is 1. The quantitative estimate of drug-likeness (QED) is 0.805. The summed E-state index contributed by atoms with van der Waals surface area (Å²) in [4.78, 5) is 23.6. The first-order chi connectivity index (χ1) is 12.4. The Hall–Kier alpha value is -2.55. The van der Waals surface area contributed by atoms with Gasteiger partial charge in [-0.15, -0.1) is 0 Å². The van der Waals surface area contributed by atoms with E-state index in [4.69, 9.17) is 0 Å². The van der Waals surface area contributed by atoms with Crippen molar-refractivity contribution < 1.29 is 27.1 Å². The van der Waals surface area contributed by atoms with Crippen LogP contribution in [0.5, 0.6) is 0 Å². The van der Waals surface area contributed by atoms with Crippen molar-refractivity contribution in [3.63, 3.8) is 0 Å². The van der Waals surface area contributed by atoms with Crippen molar-refractivity contribution in [2.45, 2.75) is 31.6 Å². The number of nitrogens with zero attached hydrogens (tertiary/aromatic N) is 1. The zero-order chi connectivity index (χ0) is 20.6. The van der Waals surface area contributed by atoms with Crippen LogP contribution in [0.1, 0.15) is 18.9 Å². The second-order valence-corrected chi connectivity index (χ2v) is 9.05. The molecule has 1 aromatic carbocycles. The molecule has 0 aliphatic carbocycles. The van der Waals surface area contributed by atoms with Gasteiger partial charge in [-0.2, -0.15) is 0 Å². The van der Waals surface area contributed by atoms with Gasteiger partial charge in [-0.1, -0.05) is 12.1 Å². The summed E-state index contributed by atoms with van der Waals surface area (Å²) >= 11 is 0. The molecule has 9 heteroatoms. The molecule has 1 heterocycles. The Labute approximate surface area is 155 Å². The first kappa shape index (κ1) is 20.8. The molecule has 6 nitrogen and oxygen atoms in total. The molecule has 1 N–H and O–H groups in total. The molecule has 0 saturated heterocycles. The molecule has 27 heavy (non-hydrogen) atoms. The third kappa shape index (κ3) is 4.08. The topological polar surface area (TPSA) is 93.4 Å². The van der Waals surface area contributed by atoms with Crippen LogP contribution < -0.4 is 5.56 Å². The maximum absolute atomic E-state index is 14.4. The molecule has 146 valence electrons. The van der Waals surface area contributed by atoms with E-state index in [0.717, 1.165) is 30.0 Å². The molecule has 0 spiro atoms. The standard InChI is InChI=1S/C18H19F2NO5S/c1-11-4-5-12(14(19)8-11)13-9-16(22)21(10-15(13)20)7-6-18(2,17(23)24)27(3,25)26/h4-5,8-10H,6-7H2,1-3H3,(H,23,24)/t18-/m1/s1. The zero-order valence-corrected chi connectivity index (χ0v) is 15.8. The number of rotatable bonds is 6. The molecule has 0 saturated carbocycles. The van der Waals surface area contributed by atoms with Gasteiger partial charge < -0.3 is 9.67 Å². The minimum Gasteiger partial charge on any atom is -0.480 e. The maximum Gasteiger partial charge on any atom is 0.324 e. The van der Waals surface area contributed by atoms with Gasteiger partial charge in [-0.3, -0.25) is 9.59 Å². The predicted octanol–water partition coefficient (Wildman–Crippen LogP) is 2.38. The number of benzene rings is 1. The Kier molecular flexibility index (Phi) is 5.55. The van der Waals surface area contributed by atoms with Gasteiger partial charge in [0.1, 0.15) is 11.6 Å². The molecule has 0 aliphatic heterocycles. The highest BCUT2D eigenvalue weighted by Gasteiger charge is 2.43. The average Bonchev–Trinajstić information content (AvgIpc) is 2.54. The van der Waals surface area contributed by atoms with Crippen molar-refractivity contribution in [3.8, 4) is 11.1 Å². The van der Waals surface area contributed by atoms with Crippen LogP contribution >= 0.6 is 0 Å². The van der Waals surface area contributed by atoms with Gasteiger partial charge in [0.2, 0.25) is 0 Å². The van der Waals surface area contributed by atoms with Crippen LogP contribution in [0.15, 0.2) is 35.3 Å². The fraction of sp³-hybridized carbons (Fsp3) is 0.333. The predicted molar refractivity (Wildman–Crippen MR) is 96.3 cm³/mol. The average molecular weight is 399 g/mol. The van der Waals surface area contributed by atoms with Gasteiger partial charge in [0, 0.05) is 36.2 Å². The first-order valence-corrected chi connectivity index (χ1v) is 9.85. The molecule has 1 atom stereocenters. The summed E-state index contributed by atoms with van der Waals surface area (Å²) in [5, 5.41) is 9.23. The summed E-state index contributed by atoms with van der Waals surface area (Å²) in [5.41, 5.74) is -0.363. The molecule has 0 amide bonds. The molecule has 2 aromatic rings. The number of hydrogen-bond donors (Lipinski definition) is 1. The Morgan fingerprint density at radius 3 is 2.33 bits per heavy atom. The molecule has 0 aliphatic rings. The van der Waals surface area contributed by atoms with Gasteiger partial charge in [0.15, 0.2) is 14.6 Å². The van der Waals surface area contributed by atoms with Crippen LogP contribution in [-0.4, -0.2) is 35.1 Å². The Balaban J connectivity index is 2.40. The molecular formula is C18H19F2NO5S. The van der Waals surface area contributed by atoms with Crippen LogP contribution in [0, 0.1) is 18.6 Å². The lowest BCUT2D eigenvalue weighted by atomic mass is 10.0. The molecule has 0 bridgehead atoms. The van der Waals surface area contributed by atoms with E-state index in [1.54, 1.807) is 13.0 Å². The van der Waals surface area contributed by atoms with Gasteiger partial charge in [-0.25, -0.2) is 17.2 Å². The lowest BCUT2D eigenvalue weighted by Gasteiger charge is -2.23. The highest BCUT2D eigenvalue weighted by atomic mass is 32.2. The highest BCUT2D eigenvalue weighted by molar-refractivity contribution is 7.92. The van der Waals surface area contributed by atoms with E-state index in [1.165, 1.54) is 12.1 Å². The number of carboxylic acid groups (broad SMARTS) is 1. The second-order valence-electron chi connectivity index (χ2n) is 6.61. The summed E-state index contributed by atoms with van der Waals surface area (Å²) in [6.07, 6.45) is 1.17. The number of aliphatic carboxylic acids is 1. The number of aryl methyl sites for hydroxylation is 2. The zero-order valence-electron chi connectivity index (χ0n) is 15.0. The summed E-state index contributed by atoms with van der Waals surface area (Å²) in [5.74, 6) is -3.12. The van der Waals surface area contributed by atoms with Gasteiger partial charge in [0.25, 0.3) is 5.56 Å². The van der Waals surface area contributed by atoms with Crippen molar-refractivity contribution in [3.05, 3.63) is 58.0 Å². The smallest absolute Gasteiger partial charge is 0.324 e. The van der Waals surface area contributed by atoms with Crippen LogP contribution in [0.2, 0.25) is 0 Å². The van der Waals surface area contributed by atoms with Crippen LogP contribution in [0.25, 0.3) is 11.1 Å². The van der Waals surface area contributed by atoms with Crippen molar-refractivity contribution in [2.24, 2.45) is 0 Å². The van der Waals surface area contributed by atoms with Gasteiger partial charge in [-0.05, 0) is 31.9 Å². The largest absolute Gasteiger partial charge is 0.480 e. The molecule has 2 rings (SSSR count). The molecule has 0 radical (unpaired) electrons. The summed E-state index contributed by atoms with van der Waals surface area (Å²) < 4.78 is 50.8. The molecule has 0 unspecified atom stereocenters. The van der Waals surface area contributed by atoms with E-state index in [9.17, 15) is 31.9 Å². The van der Waals surface area contributed by atoms with Crippen molar-refractivity contribution in [2.75, 3.05) is 6.26 Å². The Bertz CT molecular complexity index is 1060. The third-order valence-corrected chi connectivity index (χ3v) is 6.61. The minimum absolute atomic E-state index is 0.0751. The fourth-order valence-electron chi connectivity index (χ4n) is 2.55. The maximum atomic E-state index is 14.4. The molecule has 1 aromatic heterocycles. The number of aromatic nitrogens is 1. The number of sulfone groups is 1. The highest BCUT2D eigenvalue weighted by Crippen LogP contribution is 2.26. The minimum atomic E-state index is -3.98. The number of carboxylic acids is 1.